The fourth-order valence-corrected chi connectivity index (χ4v) is 1.11. The molecule has 56 valence electrons. The summed E-state index contributed by atoms with van der Waals surface area (Å²) in [7, 11) is 0. The van der Waals surface area contributed by atoms with E-state index in [4.69, 9.17) is 4.74 Å². The van der Waals surface area contributed by atoms with Crippen LogP contribution in [0.1, 0.15) is 26.2 Å². The van der Waals surface area contributed by atoms with Crippen LogP contribution >= 0.6 is 0 Å². The number of carbonyl (C=O) groups excluding carboxylic acids is 1. The third-order valence-corrected chi connectivity index (χ3v) is 1.54. The standard InChI is InChI=1S/C8H12O2/c1-6(2)5-7-3-4-8(9)10-7/h7H,1,3-5H2,2H3. The lowest BCUT2D eigenvalue weighted by atomic mass is 10.1. The third kappa shape index (κ3) is 1.87. The maximum absolute atomic E-state index is 10.6. The van der Waals surface area contributed by atoms with Crippen LogP contribution in [-0.2, 0) is 9.53 Å². The molecule has 1 fully saturated rings. The highest BCUT2D eigenvalue weighted by molar-refractivity contribution is 5.71. The summed E-state index contributed by atoms with van der Waals surface area (Å²) in [4.78, 5) is 10.6. The SMILES string of the molecule is C=C(C)CC1CCC(=O)O1. The first-order chi connectivity index (χ1) is 4.68. The number of hydrogen-bond acceptors (Lipinski definition) is 2. The van der Waals surface area contributed by atoms with Gasteiger partial charge in [0.25, 0.3) is 0 Å². The van der Waals surface area contributed by atoms with Gasteiger partial charge < -0.3 is 4.74 Å². The summed E-state index contributed by atoms with van der Waals surface area (Å²) in [5.74, 6) is -0.0637. The fourth-order valence-electron chi connectivity index (χ4n) is 1.11. The van der Waals surface area contributed by atoms with Gasteiger partial charge in [0.05, 0.1) is 0 Å². The van der Waals surface area contributed by atoms with Crippen LogP contribution in [-0.4, -0.2) is 12.1 Å². The summed E-state index contributed by atoms with van der Waals surface area (Å²) in [5, 5.41) is 0. The first kappa shape index (κ1) is 7.32. The van der Waals surface area contributed by atoms with Gasteiger partial charge >= 0.3 is 5.97 Å². The lowest BCUT2D eigenvalue weighted by Crippen LogP contribution is -2.06. The molecule has 2 heteroatoms. The van der Waals surface area contributed by atoms with Crippen LogP contribution < -0.4 is 0 Å². The van der Waals surface area contributed by atoms with Crippen molar-refractivity contribution in [1.82, 2.24) is 0 Å². The largest absolute Gasteiger partial charge is 0.462 e. The molecule has 0 saturated carbocycles. The molecule has 1 aliphatic rings. The predicted molar refractivity (Wildman–Crippen MR) is 38.5 cm³/mol. The quantitative estimate of drug-likeness (QED) is 0.430. The minimum atomic E-state index is -0.0637. The Labute approximate surface area is 60.9 Å². The van der Waals surface area contributed by atoms with Crippen LogP contribution in [0.25, 0.3) is 0 Å². The minimum absolute atomic E-state index is 0.0637. The second-order valence-electron chi connectivity index (χ2n) is 2.81. The van der Waals surface area contributed by atoms with Crippen molar-refractivity contribution in [3.63, 3.8) is 0 Å². The van der Waals surface area contributed by atoms with Gasteiger partial charge in [-0.3, -0.25) is 4.79 Å². The van der Waals surface area contributed by atoms with Crippen molar-refractivity contribution in [2.24, 2.45) is 0 Å². The van der Waals surface area contributed by atoms with Crippen molar-refractivity contribution in [2.75, 3.05) is 0 Å². The van der Waals surface area contributed by atoms with Gasteiger partial charge in [-0.25, -0.2) is 0 Å². The lowest BCUT2D eigenvalue weighted by molar-refractivity contribution is -0.141. The van der Waals surface area contributed by atoms with Gasteiger partial charge in [-0.05, 0) is 13.3 Å². The van der Waals surface area contributed by atoms with E-state index in [0.717, 1.165) is 18.4 Å². The van der Waals surface area contributed by atoms with Gasteiger partial charge in [0, 0.05) is 12.8 Å². The molecule has 1 saturated heterocycles. The molecule has 1 heterocycles. The maximum Gasteiger partial charge on any atom is 0.306 e. The molecule has 0 amide bonds. The summed E-state index contributed by atoms with van der Waals surface area (Å²) in [5.41, 5.74) is 1.08. The Morgan fingerprint density at radius 1 is 1.90 bits per heavy atom. The minimum Gasteiger partial charge on any atom is -0.462 e. The molecule has 0 N–H and O–H groups in total. The topological polar surface area (TPSA) is 26.3 Å². The second kappa shape index (κ2) is 2.86. The molecule has 0 spiro atoms. The molecular weight excluding hydrogens is 128 g/mol. The van der Waals surface area contributed by atoms with Crippen molar-refractivity contribution in [2.45, 2.75) is 32.3 Å². The molecule has 1 atom stereocenters. The number of cyclic esters (lactones) is 1. The molecule has 0 aliphatic carbocycles. The highest BCUT2D eigenvalue weighted by atomic mass is 16.5. The van der Waals surface area contributed by atoms with Gasteiger partial charge in [0.2, 0.25) is 0 Å². The zero-order valence-corrected chi connectivity index (χ0v) is 6.22. The van der Waals surface area contributed by atoms with Gasteiger partial charge in [-0.15, -0.1) is 6.58 Å². The van der Waals surface area contributed by atoms with E-state index in [2.05, 4.69) is 6.58 Å². The van der Waals surface area contributed by atoms with Crippen molar-refractivity contribution in [1.29, 1.82) is 0 Å². The summed E-state index contributed by atoms with van der Waals surface area (Å²) < 4.78 is 4.97. The van der Waals surface area contributed by atoms with E-state index in [1.54, 1.807) is 0 Å². The molecule has 2 nitrogen and oxygen atoms in total. The van der Waals surface area contributed by atoms with E-state index in [9.17, 15) is 4.79 Å². The zero-order valence-electron chi connectivity index (χ0n) is 6.22. The Bertz CT molecular complexity index is 161. The predicted octanol–water partition coefficient (Wildman–Crippen LogP) is 1.66. The number of esters is 1. The first-order valence-corrected chi connectivity index (χ1v) is 3.52. The van der Waals surface area contributed by atoms with Crippen LogP contribution in [0.5, 0.6) is 0 Å². The van der Waals surface area contributed by atoms with Crippen LogP contribution in [0.2, 0.25) is 0 Å². The molecule has 0 aromatic heterocycles. The van der Waals surface area contributed by atoms with Crippen molar-refractivity contribution >= 4 is 5.97 Å². The normalized spacial score (nSPS) is 24.5. The van der Waals surface area contributed by atoms with Gasteiger partial charge in [-0.2, -0.15) is 0 Å². The van der Waals surface area contributed by atoms with E-state index in [1.165, 1.54) is 0 Å². The lowest BCUT2D eigenvalue weighted by Gasteiger charge is -2.06. The highest BCUT2D eigenvalue weighted by Crippen LogP contribution is 2.19. The van der Waals surface area contributed by atoms with E-state index in [0.29, 0.717) is 6.42 Å². The molecule has 1 rings (SSSR count). The Hall–Kier alpha value is -0.790. The van der Waals surface area contributed by atoms with Crippen LogP contribution in [0.3, 0.4) is 0 Å². The second-order valence-corrected chi connectivity index (χ2v) is 2.81. The summed E-state index contributed by atoms with van der Waals surface area (Å²) in [6.45, 7) is 5.70. The third-order valence-electron chi connectivity index (χ3n) is 1.54. The zero-order chi connectivity index (χ0) is 7.56. The van der Waals surface area contributed by atoms with Crippen LogP contribution in [0.15, 0.2) is 12.2 Å². The Morgan fingerprint density at radius 2 is 2.60 bits per heavy atom. The average molecular weight is 140 g/mol. The average Bonchev–Trinajstić information content (AvgIpc) is 2.13. The number of carbonyl (C=O) groups is 1. The molecular formula is C8H12O2. The van der Waals surface area contributed by atoms with Gasteiger partial charge in [-0.1, -0.05) is 5.57 Å². The van der Waals surface area contributed by atoms with E-state index >= 15 is 0 Å². The molecule has 0 aromatic carbocycles. The summed E-state index contributed by atoms with van der Waals surface area (Å²) >= 11 is 0. The highest BCUT2D eigenvalue weighted by Gasteiger charge is 2.22. The number of ether oxygens (including phenoxy) is 1. The Kier molecular flexibility index (Phi) is 2.10. The smallest absolute Gasteiger partial charge is 0.306 e. The van der Waals surface area contributed by atoms with Gasteiger partial charge in [0.15, 0.2) is 0 Å². The summed E-state index contributed by atoms with van der Waals surface area (Å²) in [6.07, 6.45) is 2.39. The van der Waals surface area contributed by atoms with E-state index in [1.807, 2.05) is 6.92 Å². The molecule has 10 heavy (non-hydrogen) atoms. The first-order valence-electron chi connectivity index (χ1n) is 3.52. The van der Waals surface area contributed by atoms with Crippen molar-refractivity contribution in [3.05, 3.63) is 12.2 Å². The Morgan fingerprint density at radius 3 is 3.00 bits per heavy atom. The molecule has 1 aliphatic heterocycles. The van der Waals surface area contributed by atoms with Crippen molar-refractivity contribution in [3.8, 4) is 0 Å². The van der Waals surface area contributed by atoms with E-state index in [-0.39, 0.29) is 12.1 Å². The summed E-state index contributed by atoms with van der Waals surface area (Å²) in [6, 6.07) is 0. The molecule has 0 bridgehead atoms. The maximum atomic E-state index is 10.6. The Balaban J connectivity index is 2.31. The number of rotatable bonds is 2. The monoisotopic (exact) mass is 140 g/mol. The molecule has 1 unspecified atom stereocenters. The van der Waals surface area contributed by atoms with E-state index < -0.39 is 0 Å². The van der Waals surface area contributed by atoms with Crippen LogP contribution in [0.4, 0.5) is 0 Å². The van der Waals surface area contributed by atoms with Gasteiger partial charge in [0.1, 0.15) is 6.10 Å². The molecule has 0 aromatic rings. The van der Waals surface area contributed by atoms with Crippen molar-refractivity contribution < 1.29 is 9.53 Å². The number of hydrogen-bond donors (Lipinski definition) is 0. The van der Waals surface area contributed by atoms with Crippen LogP contribution in [0, 0.1) is 0 Å². The molecule has 0 radical (unpaired) electrons. The fraction of sp³-hybridized carbons (Fsp3) is 0.625.